The number of hydrogen-bond donors (Lipinski definition) is 2. The van der Waals surface area contributed by atoms with Gasteiger partial charge in [0.2, 0.25) is 0 Å². The van der Waals surface area contributed by atoms with Crippen LogP contribution in [-0.4, -0.2) is 36.5 Å². The van der Waals surface area contributed by atoms with Gasteiger partial charge < -0.3 is 10.1 Å². The van der Waals surface area contributed by atoms with E-state index >= 15 is 0 Å². The molecule has 1 aromatic heterocycles. The number of nitrogens with one attached hydrogen (secondary N) is 2. The van der Waals surface area contributed by atoms with Gasteiger partial charge in [0.25, 0.3) is 5.91 Å². The maximum atomic E-state index is 13.0. The second kappa shape index (κ2) is 9.20. The maximum Gasteiger partial charge on any atom is 0.339 e. The summed E-state index contributed by atoms with van der Waals surface area (Å²) in [7, 11) is 1.39. The molecular formula is C24H20ClN3O4. The summed E-state index contributed by atoms with van der Waals surface area (Å²) in [5, 5.41) is 5.66. The fourth-order valence-corrected chi connectivity index (χ4v) is 3.83. The normalized spacial score (nSPS) is 13.6. The van der Waals surface area contributed by atoms with Crippen molar-refractivity contribution in [2.75, 3.05) is 13.7 Å². The van der Waals surface area contributed by atoms with E-state index in [9.17, 15) is 14.4 Å². The van der Waals surface area contributed by atoms with Crippen molar-refractivity contribution in [3.63, 3.8) is 0 Å². The van der Waals surface area contributed by atoms with Gasteiger partial charge in [-0.15, -0.1) is 0 Å². The van der Waals surface area contributed by atoms with Crippen LogP contribution in [0.25, 0.3) is 22.6 Å². The summed E-state index contributed by atoms with van der Waals surface area (Å²) in [4.78, 5) is 40.9. The number of aromatic nitrogens is 1. The Hall–Kier alpha value is -3.71. The van der Waals surface area contributed by atoms with E-state index < -0.39 is 24.5 Å². The molecule has 1 aliphatic carbocycles. The number of carbonyl (C=O) groups is 3. The van der Waals surface area contributed by atoms with Gasteiger partial charge in [0.05, 0.1) is 16.8 Å². The Morgan fingerprint density at radius 3 is 2.59 bits per heavy atom. The number of imide groups is 1. The van der Waals surface area contributed by atoms with Gasteiger partial charge in [-0.2, -0.15) is 0 Å². The molecule has 2 N–H and O–H groups in total. The van der Waals surface area contributed by atoms with Crippen molar-refractivity contribution in [2.45, 2.75) is 12.8 Å². The molecule has 0 bridgehead atoms. The summed E-state index contributed by atoms with van der Waals surface area (Å²) in [6.07, 6.45) is 3.38. The lowest BCUT2D eigenvalue weighted by Gasteiger charge is -2.12. The molecule has 32 heavy (non-hydrogen) atoms. The van der Waals surface area contributed by atoms with E-state index in [4.69, 9.17) is 21.3 Å². The van der Waals surface area contributed by atoms with E-state index in [0.717, 1.165) is 28.8 Å². The molecule has 0 spiro atoms. The van der Waals surface area contributed by atoms with Gasteiger partial charge in [-0.3, -0.25) is 10.1 Å². The molecule has 162 valence electrons. The number of halogens is 1. The quantitative estimate of drug-likeness (QED) is 0.587. The predicted molar refractivity (Wildman–Crippen MR) is 122 cm³/mol. The number of allylic oxidation sites excluding steroid dienone is 1. The summed E-state index contributed by atoms with van der Waals surface area (Å²) in [6.45, 7) is -0.564. The fraction of sp³-hybridized carbons (Fsp3) is 0.167. The number of para-hydroxylation sites is 1. The zero-order valence-electron chi connectivity index (χ0n) is 17.3. The van der Waals surface area contributed by atoms with Crippen molar-refractivity contribution in [2.24, 2.45) is 0 Å². The van der Waals surface area contributed by atoms with Gasteiger partial charge in [-0.1, -0.05) is 41.9 Å². The number of nitrogens with zero attached hydrogens (tertiary/aromatic N) is 1. The lowest BCUT2D eigenvalue weighted by atomic mass is 10.0. The zero-order valence-corrected chi connectivity index (χ0v) is 18.0. The van der Waals surface area contributed by atoms with Crippen LogP contribution in [-0.2, 0) is 16.0 Å². The van der Waals surface area contributed by atoms with Crippen LogP contribution in [0.15, 0.2) is 48.5 Å². The van der Waals surface area contributed by atoms with E-state index in [1.807, 2.05) is 54.6 Å². The third-order valence-electron chi connectivity index (χ3n) is 5.17. The van der Waals surface area contributed by atoms with Gasteiger partial charge in [0.1, 0.15) is 0 Å². The fourth-order valence-electron chi connectivity index (χ4n) is 3.70. The lowest BCUT2D eigenvalue weighted by molar-refractivity contribution is -0.123. The number of pyridine rings is 1. The maximum absolute atomic E-state index is 13.0. The number of hydrogen-bond acceptors (Lipinski definition) is 5. The zero-order chi connectivity index (χ0) is 22.7. The average molecular weight is 450 g/mol. The van der Waals surface area contributed by atoms with E-state index in [-0.39, 0.29) is 0 Å². The summed E-state index contributed by atoms with van der Waals surface area (Å²) in [6, 6.07) is 14.2. The minimum Gasteiger partial charge on any atom is -0.452 e. The number of fused-ring (bicyclic) bond motifs is 2. The van der Waals surface area contributed by atoms with E-state index in [1.165, 1.54) is 7.05 Å². The van der Waals surface area contributed by atoms with Gasteiger partial charge in [0, 0.05) is 17.5 Å². The van der Waals surface area contributed by atoms with Crippen LogP contribution in [0.2, 0.25) is 5.02 Å². The Kier molecular flexibility index (Phi) is 6.18. The van der Waals surface area contributed by atoms with Crippen LogP contribution in [0.4, 0.5) is 4.79 Å². The number of ether oxygens (including phenoxy) is 1. The molecule has 4 rings (SSSR count). The van der Waals surface area contributed by atoms with Crippen LogP contribution < -0.4 is 10.6 Å². The molecule has 0 radical (unpaired) electrons. The molecule has 0 fully saturated rings. The molecule has 0 saturated carbocycles. The molecule has 1 heterocycles. The van der Waals surface area contributed by atoms with Gasteiger partial charge in [-0.05, 0) is 53.8 Å². The Balaban J connectivity index is 1.69. The lowest BCUT2D eigenvalue weighted by Crippen LogP contribution is -2.39. The average Bonchev–Trinajstić information content (AvgIpc) is 3.19. The summed E-state index contributed by atoms with van der Waals surface area (Å²) in [5.74, 6) is -1.34. The van der Waals surface area contributed by atoms with Crippen LogP contribution >= 0.6 is 11.6 Å². The molecule has 0 aliphatic heterocycles. The Morgan fingerprint density at radius 2 is 1.84 bits per heavy atom. The number of amides is 3. The number of urea groups is 1. The second-order valence-electron chi connectivity index (χ2n) is 7.26. The Bertz CT molecular complexity index is 1250. The molecule has 0 unspecified atom stereocenters. The molecule has 0 saturated heterocycles. The van der Waals surface area contributed by atoms with Crippen molar-refractivity contribution >= 4 is 52.1 Å². The van der Waals surface area contributed by atoms with Crippen LogP contribution in [0, 0.1) is 0 Å². The number of esters is 1. The topological polar surface area (TPSA) is 97.4 Å². The summed E-state index contributed by atoms with van der Waals surface area (Å²) in [5.41, 5.74) is 4.61. The largest absolute Gasteiger partial charge is 0.452 e. The summed E-state index contributed by atoms with van der Waals surface area (Å²) >= 11 is 5.98. The van der Waals surface area contributed by atoms with Crippen LogP contribution in [0.3, 0.4) is 0 Å². The van der Waals surface area contributed by atoms with Crippen LogP contribution in [0.5, 0.6) is 0 Å². The SMILES string of the molecule is CNC(=O)NC(=O)COC(=O)c1c2c(nc3ccccc13)/C(=C/c1ccc(Cl)cc1)CC2. The molecule has 3 aromatic rings. The number of rotatable bonds is 4. The van der Waals surface area contributed by atoms with Gasteiger partial charge >= 0.3 is 12.0 Å². The minimum atomic E-state index is -0.712. The van der Waals surface area contributed by atoms with Crippen molar-refractivity contribution in [1.29, 1.82) is 0 Å². The molecule has 7 nitrogen and oxygen atoms in total. The monoisotopic (exact) mass is 449 g/mol. The first-order valence-corrected chi connectivity index (χ1v) is 10.4. The molecule has 0 atom stereocenters. The van der Waals surface area contributed by atoms with Gasteiger partial charge in [0.15, 0.2) is 6.61 Å². The molecule has 2 aromatic carbocycles. The highest BCUT2D eigenvalue weighted by molar-refractivity contribution is 6.30. The van der Waals surface area contributed by atoms with Crippen molar-refractivity contribution in [1.82, 2.24) is 15.6 Å². The van der Waals surface area contributed by atoms with Crippen molar-refractivity contribution in [3.05, 3.63) is 75.9 Å². The number of benzene rings is 2. The minimum absolute atomic E-state index is 0.401. The van der Waals surface area contributed by atoms with E-state index in [0.29, 0.717) is 27.9 Å². The smallest absolute Gasteiger partial charge is 0.339 e. The first-order chi connectivity index (χ1) is 15.5. The van der Waals surface area contributed by atoms with Crippen LogP contribution in [0.1, 0.15) is 33.6 Å². The third kappa shape index (κ3) is 4.48. The van der Waals surface area contributed by atoms with Crippen molar-refractivity contribution < 1.29 is 19.1 Å². The first kappa shape index (κ1) is 21.5. The third-order valence-corrected chi connectivity index (χ3v) is 5.42. The molecule has 8 heteroatoms. The first-order valence-electron chi connectivity index (χ1n) is 10.0. The van der Waals surface area contributed by atoms with E-state index in [1.54, 1.807) is 0 Å². The Morgan fingerprint density at radius 1 is 1.09 bits per heavy atom. The standard InChI is InChI=1S/C24H20ClN3O4/c1-26-24(31)28-20(29)13-32-23(30)21-17-4-2-3-5-19(17)27-22-15(8-11-18(21)22)12-14-6-9-16(25)10-7-14/h2-7,9-10,12H,8,11,13H2,1H3,(H2,26,28,29,31)/b15-12+. The Labute approximate surface area is 189 Å². The highest BCUT2D eigenvalue weighted by Gasteiger charge is 2.28. The van der Waals surface area contributed by atoms with Crippen molar-refractivity contribution in [3.8, 4) is 0 Å². The summed E-state index contributed by atoms with van der Waals surface area (Å²) < 4.78 is 5.24. The molecular weight excluding hydrogens is 430 g/mol. The number of carbonyl (C=O) groups excluding carboxylic acids is 3. The second-order valence-corrected chi connectivity index (χ2v) is 7.69. The van der Waals surface area contributed by atoms with Gasteiger partial charge in [-0.25, -0.2) is 14.6 Å². The molecule has 1 aliphatic rings. The molecule has 3 amide bonds. The predicted octanol–water partition coefficient (Wildman–Crippen LogP) is 3.99. The van der Waals surface area contributed by atoms with E-state index in [2.05, 4.69) is 10.6 Å². The highest BCUT2D eigenvalue weighted by Crippen LogP contribution is 2.37. The highest BCUT2D eigenvalue weighted by atomic mass is 35.5.